The maximum atomic E-state index is 12.9. The molecule has 0 saturated heterocycles. The molecule has 134 valence electrons. The van der Waals surface area contributed by atoms with Crippen LogP contribution in [0.15, 0.2) is 23.4 Å². The quantitative estimate of drug-likeness (QED) is 0.733. The average molecular weight is 354 g/mol. The number of nitrogens with one attached hydrogen (secondary N) is 1. The van der Waals surface area contributed by atoms with Gasteiger partial charge in [0, 0.05) is 17.3 Å². The number of nitriles is 1. The van der Waals surface area contributed by atoms with Gasteiger partial charge in [-0.3, -0.25) is 9.48 Å². The number of fused-ring (bicyclic) bond motifs is 1. The van der Waals surface area contributed by atoms with Crippen molar-refractivity contribution in [1.29, 1.82) is 5.26 Å². The van der Waals surface area contributed by atoms with E-state index in [0.29, 0.717) is 22.5 Å². The molecule has 0 aliphatic heterocycles. The summed E-state index contributed by atoms with van der Waals surface area (Å²) in [5.74, 6) is -1.15. The van der Waals surface area contributed by atoms with E-state index < -0.39 is 11.5 Å². The normalized spacial score (nSPS) is 11.8. The van der Waals surface area contributed by atoms with Gasteiger partial charge in [-0.05, 0) is 19.8 Å². The molecule has 0 aliphatic rings. The molecule has 9 heteroatoms. The smallest absolute Gasteiger partial charge is 0.331 e. The first-order valence-electron chi connectivity index (χ1n) is 8.01. The summed E-state index contributed by atoms with van der Waals surface area (Å²) in [5, 5.41) is 26.7. The van der Waals surface area contributed by atoms with Crippen LogP contribution in [0.4, 0.5) is 0 Å². The molecule has 0 bridgehead atoms. The van der Waals surface area contributed by atoms with E-state index in [1.807, 2.05) is 19.9 Å². The molecule has 0 aliphatic carbocycles. The average Bonchev–Trinajstić information content (AvgIpc) is 3.21. The van der Waals surface area contributed by atoms with Crippen LogP contribution in [0.5, 0.6) is 0 Å². The molecule has 0 spiro atoms. The van der Waals surface area contributed by atoms with Crippen molar-refractivity contribution in [2.45, 2.75) is 39.2 Å². The molecule has 9 nitrogen and oxygen atoms in total. The summed E-state index contributed by atoms with van der Waals surface area (Å²) in [6.07, 6.45) is 4.41. The van der Waals surface area contributed by atoms with E-state index in [-0.39, 0.29) is 17.0 Å². The highest BCUT2D eigenvalue weighted by molar-refractivity contribution is 5.76. The zero-order chi connectivity index (χ0) is 19.2. The molecule has 2 N–H and O–H groups in total. The number of aliphatic carboxylic acids is 1. The van der Waals surface area contributed by atoms with Crippen LogP contribution in [0.2, 0.25) is 0 Å². The van der Waals surface area contributed by atoms with Crippen LogP contribution in [0.3, 0.4) is 0 Å². The van der Waals surface area contributed by atoms with Crippen LogP contribution in [0.25, 0.3) is 16.9 Å². The van der Waals surface area contributed by atoms with Crippen molar-refractivity contribution in [3.63, 3.8) is 0 Å². The van der Waals surface area contributed by atoms with Gasteiger partial charge in [0.05, 0.1) is 18.1 Å². The number of carboxylic acids is 1. The third-order valence-corrected chi connectivity index (χ3v) is 4.37. The molecular weight excluding hydrogens is 336 g/mol. The molecular formula is C17H18N6O3. The lowest BCUT2D eigenvalue weighted by Gasteiger charge is -2.19. The van der Waals surface area contributed by atoms with Crippen LogP contribution >= 0.6 is 0 Å². The first-order valence-corrected chi connectivity index (χ1v) is 8.01. The number of H-pyrrole nitrogens is 1. The predicted molar refractivity (Wildman–Crippen MR) is 92.8 cm³/mol. The zero-order valence-electron chi connectivity index (χ0n) is 14.8. The van der Waals surface area contributed by atoms with Crippen LogP contribution in [-0.2, 0) is 10.3 Å². The summed E-state index contributed by atoms with van der Waals surface area (Å²) < 4.78 is 2.50. The maximum Gasteiger partial charge on any atom is 0.331 e. The van der Waals surface area contributed by atoms with Crippen molar-refractivity contribution in [2.75, 3.05) is 0 Å². The Morgan fingerprint density at radius 1 is 1.35 bits per heavy atom. The van der Waals surface area contributed by atoms with Crippen LogP contribution in [0.1, 0.15) is 44.7 Å². The summed E-state index contributed by atoms with van der Waals surface area (Å²) in [4.78, 5) is 27.4. The van der Waals surface area contributed by atoms with Crippen molar-refractivity contribution < 1.29 is 9.90 Å². The van der Waals surface area contributed by atoms with E-state index in [0.717, 1.165) is 0 Å². The van der Waals surface area contributed by atoms with Crippen molar-refractivity contribution in [3.05, 3.63) is 40.1 Å². The van der Waals surface area contributed by atoms with Gasteiger partial charge >= 0.3 is 5.97 Å². The van der Waals surface area contributed by atoms with E-state index in [4.69, 9.17) is 0 Å². The summed E-state index contributed by atoms with van der Waals surface area (Å²) >= 11 is 0. The Morgan fingerprint density at radius 2 is 2.04 bits per heavy atom. The predicted octanol–water partition coefficient (Wildman–Crippen LogP) is 1.70. The van der Waals surface area contributed by atoms with Gasteiger partial charge < -0.3 is 10.1 Å². The van der Waals surface area contributed by atoms with Gasteiger partial charge in [-0.1, -0.05) is 13.8 Å². The number of aromatic nitrogens is 5. The minimum atomic E-state index is -1.24. The molecule has 3 heterocycles. The fourth-order valence-corrected chi connectivity index (χ4v) is 2.73. The second-order valence-corrected chi connectivity index (χ2v) is 6.84. The second kappa shape index (κ2) is 5.84. The zero-order valence-corrected chi connectivity index (χ0v) is 14.8. The number of hydrogen-bond donors (Lipinski definition) is 2. The Bertz CT molecular complexity index is 1110. The topological polar surface area (TPSA) is 129 Å². The van der Waals surface area contributed by atoms with Gasteiger partial charge in [0.25, 0.3) is 5.56 Å². The number of hydrogen-bond acceptors (Lipinski definition) is 5. The van der Waals surface area contributed by atoms with Crippen molar-refractivity contribution in [1.82, 2.24) is 24.4 Å². The minimum absolute atomic E-state index is 0.122. The monoisotopic (exact) mass is 354 g/mol. The van der Waals surface area contributed by atoms with Gasteiger partial charge in [0.2, 0.25) is 0 Å². The maximum absolute atomic E-state index is 12.9. The van der Waals surface area contributed by atoms with Crippen molar-refractivity contribution in [3.8, 4) is 17.3 Å². The first kappa shape index (κ1) is 17.4. The van der Waals surface area contributed by atoms with E-state index in [9.17, 15) is 20.0 Å². The van der Waals surface area contributed by atoms with Gasteiger partial charge in [-0.2, -0.15) is 20.0 Å². The summed E-state index contributed by atoms with van der Waals surface area (Å²) in [5.41, 5.74) is 0.525. The first-order chi connectivity index (χ1) is 12.2. The molecule has 0 unspecified atom stereocenters. The molecule has 3 aromatic rings. The molecule has 0 fully saturated rings. The molecule has 26 heavy (non-hydrogen) atoms. The van der Waals surface area contributed by atoms with Gasteiger partial charge in [0.15, 0.2) is 11.2 Å². The summed E-state index contributed by atoms with van der Waals surface area (Å²) in [6, 6.07) is 2.00. The van der Waals surface area contributed by atoms with E-state index in [2.05, 4.69) is 15.2 Å². The molecule has 0 radical (unpaired) electrons. The van der Waals surface area contributed by atoms with Gasteiger partial charge in [0.1, 0.15) is 11.6 Å². The molecule has 0 saturated carbocycles. The number of aromatic amines is 1. The Hall–Kier alpha value is -3.41. The van der Waals surface area contributed by atoms with Crippen LogP contribution in [-0.4, -0.2) is 35.5 Å². The third-order valence-electron chi connectivity index (χ3n) is 4.37. The lowest BCUT2D eigenvalue weighted by molar-refractivity contribution is -0.146. The van der Waals surface area contributed by atoms with Crippen molar-refractivity contribution >= 4 is 11.6 Å². The summed E-state index contributed by atoms with van der Waals surface area (Å²) in [7, 11) is 0. The van der Waals surface area contributed by atoms with E-state index in [1.165, 1.54) is 35.4 Å². The Labute approximate surface area is 148 Å². The standard InChI is InChI=1S/C17H18N6O3/c1-9(2)12-13(11-7-19-22(8-11)17(3,4)16(25)26)21-14-10(5-18)6-20-23(14)15(12)24/h6-9,21H,1-4H3,(H,25,26). The fraction of sp³-hybridized carbons (Fsp3) is 0.353. The summed E-state index contributed by atoms with van der Waals surface area (Å²) in [6.45, 7) is 6.82. The van der Waals surface area contributed by atoms with Crippen LogP contribution in [0, 0.1) is 11.3 Å². The van der Waals surface area contributed by atoms with Gasteiger partial charge in [-0.25, -0.2) is 4.79 Å². The number of nitrogens with zero attached hydrogens (tertiary/aromatic N) is 5. The highest BCUT2D eigenvalue weighted by atomic mass is 16.4. The molecule has 0 aromatic carbocycles. The van der Waals surface area contributed by atoms with Crippen LogP contribution < -0.4 is 5.56 Å². The minimum Gasteiger partial charge on any atom is -0.479 e. The number of carboxylic acid groups (broad SMARTS) is 1. The number of rotatable bonds is 4. The highest BCUT2D eigenvalue weighted by Crippen LogP contribution is 2.27. The molecule has 0 atom stereocenters. The Morgan fingerprint density at radius 3 is 2.62 bits per heavy atom. The van der Waals surface area contributed by atoms with Gasteiger partial charge in [-0.15, -0.1) is 0 Å². The highest BCUT2D eigenvalue weighted by Gasteiger charge is 2.31. The fourth-order valence-electron chi connectivity index (χ4n) is 2.73. The molecule has 3 aromatic heterocycles. The second-order valence-electron chi connectivity index (χ2n) is 6.84. The lowest BCUT2D eigenvalue weighted by atomic mass is 10.00. The molecule has 0 amide bonds. The number of carbonyl (C=O) groups is 1. The third kappa shape index (κ3) is 2.47. The SMILES string of the molecule is CC(C)c1c(-c2cnn(C(C)(C)C(=O)O)c2)[nH]c2c(C#N)cnn2c1=O. The van der Waals surface area contributed by atoms with E-state index >= 15 is 0 Å². The largest absolute Gasteiger partial charge is 0.479 e. The Balaban J connectivity index is 2.30. The molecule has 3 rings (SSSR count). The van der Waals surface area contributed by atoms with Crippen molar-refractivity contribution in [2.24, 2.45) is 0 Å². The van der Waals surface area contributed by atoms with E-state index in [1.54, 1.807) is 6.20 Å². The Kier molecular flexibility index (Phi) is 3.91. The lowest BCUT2D eigenvalue weighted by Crippen LogP contribution is -2.35.